The molecule has 4 N–H and O–H groups in total. The van der Waals surface area contributed by atoms with E-state index in [0.717, 1.165) is 116 Å². The summed E-state index contributed by atoms with van der Waals surface area (Å²) >= 11 is 0. The topological polar surface area (TPSA) is 178 Å². The first-order chi connectivity index (χ1) is 33.1. The third-order valence-corrected chi connectivity index (χ3v) is 11.3. The Balaban J connectivity index is 2.43. The maximum Gasteiger partial charge on any atom is 0.397 e. The number of aliphatic hydroxyl groups excluding tert-OH is 3. The van der Waals surface area contributed by atoms with E-state index in [1.165, 1.54) is 25.7 Å². The predicted molar refractivity (Wildman–Crippen MR) is 275 cm³/mol. The maximum absolute atomic E-state index is 12.9. The molecule has 0 radical (unpaired) electrons. The van der Waals surface area contributed by atoms with Gasteiger partial charge in [0.15, 0.2) is 6.29 Å². The summed E-state index contributed by atoms with van der Waals surface area (Å²) in [6.45, 7) is 3.73. The van der Waals surface area contributed by atoms with E-state index in [4.69, 9.17) is 18.9 Å². The highest BCUT2D eigenvalue weighted by Gasteiger charge is 2.48. The second-order valence-corrected chi connectivity index (χ2v) is 18.1. The summed E-state index contributed by atoms with van der Waals surface area (Å²) in [5.41, 5.74) is 0. The normalized spacial score (nSPS) is 20.2. The van der Waals surface area contributed by atoms with Gasteiger partial charge in [-0.15, -0.1) is 0 Å². The maximum atomic E-state index is 12.9. The predicted octanol–water partition coefficient (Wildman–Crippen LogP) is 12.0. The number of carbonyl (C=O) groups is 1. The quantitative estimate of drug-likeness (QED) is 0.0197. The van der Waals surface area contributed by atoms with Crippen molar-refractivity contribution in [1.82, 2.24) is 0 Å². The van der Waals surface area contributed by atoms with Crippen LogP contribution in [-0.2, 0) is 38.3 Å². The number of esters is 1. The summed E-state index contributed by atoms with van der Waals surface area (Å²) in [4.78, 5) is 12.9. The molecular weight excluding hydrogens is 885 g/mol. The zero-order valence-corrected chi connectivity index (χ0v) is 42.4. The van der Waals surface area contributed by atoms with Crippen molar-refractivity contribution >= 4 is 16.4 Å². The molecule has 68 heavy (non-hydrogen) atoms. The molecule has 0 spiro atoms. The lowest BCUT2D eigenvalue weighted by molar-refractivity contribution is -0.301. The average Bonchev–Trinajstić information content (AvgIpc) is 3.31. The van der Waals surface area contributed by atoms with Crippen LogP contribution in [0.4, 0.5) is 0 Å². The van der Waals surface area contributed by atoms with Crippen molar-refractivity contribution in [2.24, 2.45) is 0 Å². The minimum Gasteiger partial charge on any atom is -0.457 e. The van der Waals surface area contributed by atoms with Crippen LogP contribution in [0.15, 0.2) is 109 Å². The number of aliphatic hydroxyl groups is 3. The molecule has 13 heteroatoms. The van der Waals surface area contributed by atoms with E-state index in [2.05, 4.69) is 127 Å². The summed E-state index contributed by atoms with van der Waals surface area (Å²) in [7, 11) is -5.08. The van der Waals surface area contributed by atoms with Crippen molar-refractivity contribution in [3.8, 4) is 0 Å². The molecule has 0 bridgehead atoms. The fourth-order valence-electron chi connectivity index (χ4n) is 7.03. The average molecular weight is 975 g/mol. The van der Waals surface area contributed by atoms with E-state index >= 15 is 0 Å². The summed E-state index contributed by atoms with van der Waals surface area (Å²) in [5, 5.41) is 30.8. The Kier molecular flexibility index (Phi) is 41.5. The van der Waals surface area contributed by atoms with Gasteiger partial charge in [-0.05, 0) is 103 Å². The second kappa shape index (κ2) is 44.9. The molecule has 0 amide bonds. The minimum atomic E-state index is -5.08. The molecule has 1 aliphatic heterocycles. The van der Waals surface area contributed by atoms with Crippen LogP contribution in [0.25, 0.3) is 0 Å². The molecule has 0 aromatic heterocycles. The molecule has 1 heterocycles. The zero-order valence-electron chi connectivity index (χ0n) is 41.6. The summed E-state index contributed by atoms with van der Waals surface area (Å²) in [6.07, 6.45) is 54.0. The minimum absolute atomic E-state index is 0.0000217. The molecule has 6 atom stereocenters. The highest BCUT2D eigenvalue weighted by molar-refractivity contribution is 7.80. The first-order valence-electron chi connectivity index (χ1n) is 25.6. The second-order valence-electron chi connectivity index (χ2n) is 17.0. The Morgan fingerprint density at radius 2 is 1.01 bits per heavy atom. The monoisotopic (exact) mass is 975 g/mol. The van der Waals surface area contributed by atoms with Crippen molar-refractivity contribution in [3.05, 3.63) is 109 Å². The molecule has 0 saturated carbocycles. The molecule has 1 rings (SSSR count). The van der Waals surface area contributed by atoms with Gasteiger partial charge in [0.25, 0.3) is 0 Å². The van der Waals surface area contributed by atoms with Gasteiger partial charge in [-0.25, -0.2) is 4.18 Å². The van der Waals surface area contributed by atoms with Gasteiger partial charge in [-0.1, -0.05) is 168 Å². The Labute approximate surface area is 411 Å². The lowest BCUT2D eigenvalue weighted by atomic mass is 9.99. The first-order valence-corrected chi connectivity index (χ1v) is 27.0. The van der Waals surface area contributed by atoms with Crippen molar-refractivity contribution in [2.45, 2.75) is 205 Å². The van der Waals surface area contributed by atoms with Crippen LogP contribution in [0.5, 0.6) is 0 Å². The van der Waals surface area contributed by atoms with Gasteiger partial charge in [0.1, 0.15) is 30.5 Å². The molecular formula is C55H90O12S. The summed E-state index contributed by atoms with van der Waals surface area (Å²) in [6, 6.07) is 0. The van der Waals surface area contributed by atoms with Gasteiger partial charge < -0.3 is 34.3 Å². The highest BCUT2D eigenvalue weighted by Crippen LogP contribution is 2.26. The number of hydrogen-bond donors (Lipinski definition) is 4. The van der Waals surface area contributed by atoms with E-state index in [0.29, 0.717) is 13.0 Å². The molecule has 1 saturated heterocycles. The highest BCUT2D eigenvalue weighted by atomic mass is 32.3. The van der Waals surface area contributed by atoms with E-state index in [-0.39, 0.29) is 19.6 Å². The number of hydrogen-bond acceptors (Lipinski definition) is 11. The number of ether oxygens (including phenoxy) is 4. The Bertz CT molecular complexity index is 1590. The van der Waals surface area contributed by atoms with Crippen LogP contribution in [0.1, 0.15) is 168 Å². The smallest absolute Gasteiger partial charge is 0.397 e. The van der Waals surface area contributed by atoms with Crippen molar-refractivity contribution in [1.29, 1.82) is 0 Å². The SMILES string of the molecule is CC/C=C\C/C=C\C/C=C\C/C=C\C/C=C\C/C=C\CCCCCOCC(COC1OC(CO)C(O)C(OS(=O)(=O)O)C1O)OC(=O)CCCCCCCC/C=C\C/C=C\C/C=C\CCCCC. The number of carbonyl (C=O) groups excluding carboxylic acids is 1. The van der Waals surface area contributed by atoms with Crippen molar-refractivity contribution < 1.29 is 56.2 Å². The zero-order chi connectivity index (χ0) is 49.6. The van der Waals surface area contributed by atoms with Gasteiger partial charge in [0.2, 0.25) is 0 Å². The van der Waals surface area contributed by atoms with Crippen LogP contribution in [0, 0.1) is 0 Å². The Hall–Kier alpha value is -3.24. The fraction of sp³-hybridized carbons (Fsp3) is 0.655. The van der Waals surface area contributed by atoms with E-state index < -0.39 is 59.8 Å². The third-order valence-electron chi connectivity index (χ3n) is 10.9. The van der Waals surface area contributed by atoms with Crippen LogP contribution in [0.3, 0.4) is 0 Å². The van der Waals surface area contributed by atoms with E-state index in [1.807, 2.05) is 0 Å². The van der Waals surface area contributed by atoms with Gasteiger partial charge in [0.05, 0.1) is 19.8 Å². The van der Waals surface area contributed by atoms with Gasteiger partial charge in [-0.2, -0.15) is 8.42 Å². The number of unbranched alkanes of at least 4 members (excludes halogenated alkanes) is 12. The van der Waals surface area contributed by atoms with Gasteiger partial charge in [0, 0.05) is 13.0 Å². The summed E-state index contributed by atoms with van der Waals surface area (Å²) < 4.78 is 59.2. The van der Waals surface area contributed by atoms with Crippen molar-refractivity contribution in [2.75, 3.05) is 26.4 Å². The molecule has 388 valence electrons. The van der Waals surface area contributed by atoms with E-state index in [9.17, 15) is 33.1 Å². The van der Waals surface area contributed by atoms with Crippen molar-refractivity contribution in [3.63, 3.8) is 0 Å². The molecule has 1 fully saturated rings. The molecule has 6 unspecified atom stereocenters. The molecule has 1 aliphatic rings. The van der Waals surface area contributed by atoms with Gasteiger partial charge in [-0.3, -0.25) is 9.35 Å². The molecule has 0 aromatic rings. The number of allylic oxidation sites excluding steroid dienone is 18. The van der Waals surface area contributed by atoms with Crippen LogP contribution in [-0.4, -0.2) is 97.5 Å². The fourth-order valence-corrected chi connectivity index (χ4v) is 7.54. The Morgan fingerprint density at radius 3 is 1.49 bits per heavy atom. The lowest BCUT2D eigenvalue weighted by Gasteiger charge is -2.41. The van der Waals surface area contributed by atoms with Gasteiger partial charge >= 0.3 is 16.4 Å². The lowest BCUT2D eigenvalue weighted by Crippen LogP contribution is -2.60. The van der Waals surface area contributed by atoms with Crippen LogP contribution < -0.4 is 0 Å². The number of rotatable bonds is 43. The Morgan fingerprint density at radius 1 is 0.574 bits per heavy atom. The molecule has 0 aliphatic carbocycles. The standard InChI is InChI=1S/C55H90O12S/c1-3-5-7-9-11-13-15-17-19-21-23-24-25-27-29-31-33-35-37-39-41-43-45-63-47-49(48-64-55-53(59)54(67-68(60,61)62)52(58)50(46-56)66-55)65-51(57)44-42-40-38-36-34-32-30-28-26-22-20-18-16-14-12-10-8-6-4-2/h5,7,11-14,17-20,23-24,26-29,33,35,49-50,52-56,58-59H,3-4,6,8-10,15-16,21-22,25,30-32,34,36-48H2,1-2H3,(H,60,61,62)/b7-5-,13-11-,14-12-,19-17-,20-18-,24-23-,28-26-,29-27-,35-33-. The third kappa shape index (κ3) is 37.6. The van der Waals surface area contributed by atoms with E-state index in [1.54, 1.807) is 0 Å². The first kappa shape index (κ1) is 62.8. The summed E-state index contributed by atoms with van der Waals surface area (Å²) in [5.74, 6) is -0.429. The molecule has 12 nitrogen and oxygen atoms in total. The molecule has 0 aromatic carbocycles. The largest absolute Gasteiger partial charge is 0.457 e. The van der Waals surface area contributed by atoms with Crippen LogP contribution >= 0.6 is 0 Å². The van der Waals surface area contributed by atoms with Crippen LogP contribution in [0.2, 0.25) is 0 Å².